The first-order valence-corrected chi connectivity index (χ1v) is 9.13. The molecule has 5 heteroatoms. The Kier molecular flexibility index (Phi) is 4.17. The van der Waals surface area contributed by atoms with Crippen molar-refractivity contribution in [2.75, 3.05) is 5.32 Å². The summed E-state index contributed by atoms with van der Waals surface area (Å²) >= 11 is 1.60. The smallest absolute Gasteiger partial charge is 0.230 e. The third-order valence-electron chi connectivity index (χ3n) is 4.49. The molecule has 0 saturated carbocycles. The van der Waals surface area contributed by atoms with Crippen molar-refractivity contribution >= 4 is 23.1 Å². The Labute approximate surface area is 145 Å². The van der Waals surface area contributed by atoms with Crippen LogP contribution in [-0.4, -0.2) is 15.7 Å². The number of carbonyl (C=O) groups excluding carboxylic acids is 1. The lowest BCUT2D eigenvalue weighted by Crippen LogP contribution is -2.22. The van der Waals surface area contributed by atoms with Crippen molar-refractivity contribution in [1.82, 2.24) is 9.78 Å². The first kappa shape index (κ1) is 15.1. The Morgan fingerprint density at radius 2 is 2.17 bits per heavy atom. The van der Waals surface area contributed by atoms with E-state index in [0.29, 0.717) is 6.42 Å². The molecule has 1 amide bonds. The van der Waals surface area contributed by atoms with Gasteiger partial charge in [0, 0.05) is 10.9 Å². The van der Waals surface area contributed by atoms with E-state index in [-0.39, 0.29) is 11.9 Å². The highest BCUT2D eigenvalue weighted by molar-refractivity contribution is 7.10. The summed E-state index contributed by atoms with van der Waals surface area (Å²) in [6.45, 7) is 0. The van der Waals surface area contributed by atoms with Gasteiger partial charge in [0.05, 0.1) is 18.7 Å². The fourth-order valence-corrected chi connectivity index (χ4v) is 4.11. The maximum atomic E-state index is 12.3. The van der Waals surface area contributed by atoms with E-state index in [9.17, 15) is 4.79 Å². The van der Waals surface area contributed by atoms with Crippen molar-refractivity contribution < 1.29 is 4.79 Å². The Morgan fingerprint density at radius 1 is 1.25 bits per heavy atom. The summed E-state index contributed by atoms with van der Waals surface area (Å²) < 4.78 is 1.96. The van der Waals surface area contributed by atoms with Crippen molar-refractivity contribution in [3.63, 3.8) is 0 Å². The lowest BCUT2D eigenvalue weighted by Gasteiger charge is -2.27. The van der Waals surface area contributed by atoms with Crippen LogP contribution in [0.2, 0.25) is 0 Å². The van der Waals surface area contributed by atoms with Crippen LogP contribution in [0, 0.1) is 0 Å². The van der Waals surface area contributed by atoms with Crippen molar-refractivity contribution in [3.8, 4) is 0 Å². The molecule has 1 N–H and O–H groups in total. The van der Waals surface area contributed by atoms with E-state index in [1.54, 1.807) is 17.5 Å². The molecule has 1 aliphatic carbocycles. The third-order valence-corrected chi connectivity index (χ3v) is 5.36. The molecule has 24 heavy (non-hydrogen) atoms. The van der Waals surface area contributed by atoms with Gasteiger partial charge in [-0.1, -0.05) is 30.3 Å². The average Bonchev–Trinajstić information content (AvgIpc) is 3.26. The van der Waals surface area contributed by atoms with Gasteiger partial charge in [0.2, 0.25) is 5.91 Å². The van der Waals surface area contributed by atoms with Gasteiger partial charge in [0.15, 0.2) is 0 Å². The van der Waals surface area contributed by atoms with Crippen LogP contribution in [0.5, 0.6) is 0 Å². The van der Waals surface area contributed by atoms with E-state index in [4.69, 9.17) is 0 Å². The van der Waals surface area contributed by atoms with Gasteiger partial charge in [0.1, 0.15) is 5.82 Å². The van der Waals surface area contributed by atoms with Gasteiger partial charge < -0.3 is 5.32 Å². The molecule has 1 aromatic carbocycles. The van der Waals surface area contributed by atoms with Crippen LogP contribution < -0.4 is 5.32 Å². The molecule has 0 radical (unpaired) electrons. The predicted octanol–water partition coefficient (Wildman–Crippen LogP) is 4.05. The molecule has 2 heterocycles. The van der Waals surface area contributed by atoms with E-state index in [1.165, 1.54) is 11.1 Å². The van der Waals surface area contributed by atoms with Crippen molar-refractivity contribution in [2.24, 2.45) is 0 Å². The van der Waals surface area contributed by atoms with Gasteiger partial charge in [0.25, 0.3) is 0 Å². The molecule has 2 aromatic heterocycles. The topological polar surface area (TPSA) is 46.9 Å². The van der Waals surface area contributed by atoms with E-state index < -0.39 is 0 Å². The monoisotopic (exact) mass is 337 g/mol. The number of fused-ring (bicyclic) bond motifs is 1. The van der Waals surface area contributed by atoms with Crippen molar-refractivity contribution in [2.45, 2.75) is 31.7 Å². The minimum Gasteiger partial charge on any atom is -0.311 e. The fraction of sp³-hybridized carbons (Fsp3) is 0.263. The number of hydrogen-bond acceptors (Lipinski definition) is 3. The van der Waals surface area contributed by atoms with Crippen LogP contribution in [0.25, 0.3) is 0 Å². The average molecular weight is 337 g/mol. The molecule has 0 bridgehead atoms. The first-order chi connectivity index (χ1) is 11.8. The first-order valence-electron chi connectivity index (χ1n) is 8.25. The predicted molar refractivity (Wildman–Crippen MR) is 96.4 cm³/mol. The summed E-state index contributed by atoms with van der Waals surface area (Å²) in [6, 6.07) is 14.6. The highest BCUT2D eigenvalue weighted by atomic mass is 32.1. The van der Waals surface area contributed by atoms with Crippen LogP contribution >= 0.6 is 11.3 Å². The summed E-state index contributed by atoms with van der Waals surface area (Å²) in [5.41, 5.74) is 2.71. The Bertz CT molecular complexity index is 838. The second kappa shape index (κ2) is 6.61. The highest BCUT2D eigenvalue weighted by Crippen LogP contribution is 2.34. The molecule has 0 aliphatic heterocycles. The normalized spacial score (nSPS) is 16.6. The largest absolute Gasteiger partial charge is 0.311 e. The quantitative estimate of drug-likeness (QED) is 0.781. The number of rotatable bonds is 4. The molecule has 0 spiro atoms. The van der Waals surface area contributed by atoms with Crippen LogP contribution in [0.1, 0.15) is 34.9 Å². The standard InChI is InChI=1S/C19H19N3OS/c23-19(13-15-7-4-12-24-15)21-18-10-11-20-22(18)17-9-3-6-14-5-1-2-8-16(14)17/h1-2,4-5,7-8,10-12,17H,3,6,9,13H2,(H,21,23). The minimum atomic E-state index is 0.00305. The van der Waals surface area contributed by atoms with E-state index in [2.05, 4.69) is 34.7 Å². The van der Waals surface area contributed by atoms with Crippen molar-refractivity contribution in [1.29, 1.82) is 0 Å². The van der Waals surface area contributed by atoms with Crippen molar-refractivity contribution in [3.05, 3.63) is 70.0 Å². The van der Waals surface area contributed by atoms with Gasteiger partial charge in [-0.05, 0) is 41.8 Å². The molecule has 4 nitrogen and oxygen atoms in total. The van der Waals surface area contributed by atoms with Crippen LogP contribution in [0.15, 0.2) is 54.0 Å². The number of nitrogens with one attached hydrogen (secondary N) is 1. The van der Waals surface area contributed by atoms with E-state index in [0.717, 1.165) is 30.0 Å². The maximum absolute atomic E-state index is 12.3. The van der Waals surface area contributed by atoms with Crippen LogP contribution in [-0.2, 0) is 17.6 Å². The fourth-order valence-electron chi connectivity index (χ4n) is 3.40. The number of hydrogen-bond donors (Lipinski definition) is 1. The maximum Gasteiger partial charge on any atom is 0.230 e. The van der Waals surface area contributed by atoms with E-state index in [1.807, 2.05) is 28.3 Å². The number of carbonyl (C=O) groups is 1. The molecule has 0 saturated heterocycles. The molecule has 1 aliphatic rings. The summed E-state index contributed by atoms with van der Waals surface area (Å²) in [5, 5.41) is 9.51. The zero-order valence-corrected chi connectivity index (χ0v) is 14.1. The van der Waals surface area contributed by atoms with Gasteiger partial charge in [-0.2, -0.15) is 5.10 Å². The Morgan fingerprint density at radius 3 is 3.04 bits per heavy atom. The molecule has 4 rings (SSSR count). The Hall–Kier alpha value is -2.40. The van der Waals surface area contributed by atoms with Gasteiger partial charge in [-0.3, -0.25) is 4.79 Å². The number of aryl methyl sites for hydroxylation is 1. The van der Waals surface area contributed by atoms with Gasteiger partial charge >= 0.3 is 0 Å². The Balaban J connectivity index is 1.56. The summed E-state index contributed by atoms with van der Waals surface area (Å²) in [4.78, 5) is 13.4. The summed E-state index contributed by atoms with van der Waals surface area (Å²) in [7, 11) is 0. The summed E-state index contributed by atoms with van der Waals surface area (Å²) in [5.74, 6) is 0.779. The second-order valence-corrected chi connectivity index (χ2v) is 7.10. The molecular weight excluding hydrogens is 318 g/mol. The van der Waals surface area contributed by atoms with Crippen LogP contribution in [0.4, 0.5) is 5.82 Å². The van der Waals surface area contributed by atoms with Gasteiger partial charge in [-0.25, -0.2) is 4.68 Å². The lowest BCUT2D eigenvalue weighted by molar-refractivity contribution is -0.115. The summed E-state index contributed by atoms with van der Waals surface area (Å²) in [6.07, 6.45) is 5.48. The molecule has 1 atom stereocenters. The third kappa shape index (κ3) is 2.99. The molecule has 0 fully saturated rings. The number of anilines is 1. The zero-order valence-electron chi connectivity index (χ0n) is 13.3. The minimum absolute atomic E-state index is 0.00305. The molecule has 122 valence electrons. The number of benzene rings is 1. The number of nitrogens with zero attached hydrogens (tertiary/aromatic N) is 2. The molecular formula is C19H19N3OS. The number of amides is 1. The SMILES string of the molecule is O=C(Cc1cccs1)Nc1ccnn1C1CCCc2ccccc21. The second-order valence-electron chi connectivity index (χ2n) is 6.07. The number of aromatic nitrogens is 2. The van der Waals surface area contributed by atoms with Gasteiger partial charge in [-0.15, -0.1) is 11.3 Å². The lowest BCUT2D eigenvalue weighted by atomic mass is 9.88. The molecule has 3 aromatic rings. The number of thiophene rings is 1. The van der Waals surface area contributed by atoms with E-state index >= 15 is 0 Å². The molecule has 1 unspecified atom stereocenters. The zero-order chi connectivity index (χ0) is 16.4. The highest BCUT2D eigenvalue weighted by Gasteiger charge is 2.24. The van der Waals surface area contributed by atoms with Crippen LogP contribution in [0.3, 0.4) is 0 Å².